The lowest BCUT2D eigenvalue weighted by molar-refractivity contribution is -0.144. The maximum absolute atomic E-state index is 13.5. The zero-order valence-corrected chi connectivity index (χ0v) is 53.3. The van der Waals surface area contributed by atoms with E-state index in [1.165, 1.54) is 85.3 Å². The molecule has 4 heterocycles. The molecule has 472 valence electrons. The van der Waals surface area contributed by atoms with Gasteiger partial charge in [-0.2, -0.15) is 10.5 Å². The fourth-order valence-corrected chi connectivity index (χ4v) is 12.4. The third-order valence-corrected chi connectivity index (χ3v) is 16.9. The van der Waals surface area contributed by atoms with Crippen LogP contribution in [0.5, 0.6) is 5.75 Å². The molecule has 0 amide bonds. The van der Waals surface area contributed by atoms with Gasteiger partial charge < -0.3 is 33.5 Å². The largest absolute Gasteiger partial charge is 0.494 e. The Morgan fingerprint density at radius 2 is 1.11 bits per heavy atom. The number of fused-ring (bicyclic) bond motifs is 3. The molecule has 2 aromatic heterocycles. The Labute approximate surface area is 538 Å². The van der Waals surface area contributed by atoms with Crippen molar-refractivity contribution in [2.24, 2.45) is 0 Å². The predicted octanol–water partition coefficient (Wildman–Crippen LogP) is 9.88. The maximum Gasteiger partial charge on any atom is 0.352 e. The van der Waals surface area contributed by atoms with Crippen LogP contribution in [-0.4, -0.2) is 79.1 Å². The van der Waals surface area contributed by atoms with E-state index in [-0.39, 0.29) is 56.0 Å². The fraction of sp³-hybridized carbons (Fsp3) is 0.306. The Morgan fingerprint density at radius 3 is 1.73 bits per heavy atom. The Kier molecular flexibility index (Phi) is 26.7. The predicted molar refractivity (Wildman–Crippen MR) is 360 cm³/mol. The molecule has 0 N–H and O–H groups in total. The lowest BCUT2D eigenvalue weighted by atomic mass is 10.0. The van der Waals surface area contributed by atoms with Crippen molar-refractivity contribution >= 4 is 98.7 Å². The van der Waals surface area contributed by atoms with Gasteiger partial charge in [-0.15, -0.1) is 22.7 Å². The average molecular weight is 1270 g/mol. The first-order chi connectivity index (χ1) is 44.3. The highest BCUT2D eigenvalue weighted by molar-refractivity contribution is 7.08. The van der Waals surface area contributed by atoms with Crippen LogP contribution in [0.2, 0.25) is 0 Å². The number of anilines is 4. The van der Waals surface area contributed by atoms with E-state index in [0.29, 0.717) is 0 Å². The lowest BCUT2D eigenvalue weighted by Crippen LogP contribution is -2.36. The van der Waals surface area contributed by atoms with Crippen molar-refractivity contribution in [1.29, 1.82) is 10.5 Å². The van der Waals surface area contributed by atoms with E-state index >= 15 is 0 Å². The van der Waals surface area contributed by atoms with Gasteiger partial charge in [0.25, 0.3) is 11.1 Å². The van der Waals surface area contributed by atoms with Crippen molar-refractivity contribution in [3.05, 3.63) is 209 Å². The molecule has 0 spiro atoms. The van der Waals surface area contributed by atoms with Gasteiger partial charge in [0.1, 0.15) is 66.7 Å². The van der Waals surface area contributed by atoms with Gasteiger partial charge in [0.05, 0.1) is 15.7 Å². The van der Waals surface area contributed by atoms with Crippen LogP contribution in [0.25, 0.3) is 29.4 Å². The summed E-state index contributed by atoms with van der Waals surface area (Å²) in [7, 11) is 0. The molecule has 4 aromatic carbocycles. The zero-order valence-electron chi connectivity index (χ0n) is 51.7. The van der Waals surface area contributed by atoms with Crippen molar-refractivity contribution in [2.45, 2.75) is 97.6 Å². The quantitative estimate of drug-likeness (QED) is 0.0185. The average Bonchev–Trinajstić information content (AvgIpc) is 1.72. The molecule has 2 aliphatic rings. The van der Waals surface area contributed by atoms with E-state index in [1.54, 1.807) is 18.2 Å². The molecular weight excluding hydrogens is 1190 g/mol. The first-order valence-corrected chi connectivity index (χ1v) is 32.0. The number of nitriles is 2. The number of allylic oxidation sites excluding steroid dienone is 1. The van der Waals surface area contributed by atoms with Crippen molar-refractivity contribution in [2.75, 3.05) is 55.9 Å². The highest BCUT2D eigenvalue weighted by Crippen LogP contribution is 2.38. The molecule has 6 aromatic rings. The molecule has 0 saturated heterocycles. The summed E-state index contributed by atoms with van der Waals surface area (Å²) in [6.45, 7) is 19.7. The molecule has 19 heteroatoms. The van der Waals surface area contributed by atoms with Crippen molar-refractivity contribution in [1.82, 2.24) is 9.13 Å². The number of hydrogen-bond donors (Lipinski definition) is 0. The van der Waals surface area contributed by atoms with Crippen molar-refractivity contribution < 1.29 is 42.9 Å². The van der Waals surface area contributed by atoms with Crippen LogP contribution in [-0.2, 0) is 70.5 Å². The molecule has 0 radical (unpaired) electrons. The summed E-state index contributed by atoms with van der Waals surface area (Å²) < 4.78 is 28.8. The molecular formula is C72H76N6O11S2. The first-order valence-electron chi connectivity index (χ1n) is 30.4. The molecule has 0 bridgehead atoms. The number of rotatable bonds is 29. The normalized spacial score (nSPS) is 13.2. The molecule has 0 aliphatic carbocycles. The van der Waals surface area contributed by atoms with Crippen LogP contribution < -0.4 is 44.0 Å². The van der Waals surface area contributed by atoms with Crippen LogP contribution in [0.15, 0.2) is 151 Å². The van der Waals surface area contributed by atoms with Gasteiger partial charge in [-0.25, -0.2) is 9.59 Å². The third kappa shape index (κ3) is 18.6. The smallest absolute Gasteiger partial charge is 0.352 e. The highest BCUT2D eigenvalue weighted by atomic mass is 32.1. The molecule has 0 atom stereocenters. The number of aromatic nitrogens is 2. The number of carbonyl (C=O) groups is 4. The van der Waals surface area contributed by atoms with E-state index in [4.69, 9.17) is 23.7 Å². The second kappa shape index (κ2) is 35.4. The van der Waals surface area contributed by atoms with Gasteiger partial charge in [-0.3, -0.25) is 28.3 Å². The van der Waals surface area contributed by atoms with Gasteiger partial charge >= 0.3 is 23.9 Å². The standard InChI is InChI=1S/C37H39N3O5S.C35H37N3O6S/c1-4-7-8-11-21-39-31-15-10-9-14-28(31)18-19-29-24-27(17-20-32(29)39)13-12-16-33-35(42)40(26-34(41)44-22-5-2)36(46-33)30(25-38)37(43)45-23-6-3;1-4-7-8-9-20-42-28-13-11-27(12-14-28)37-17-16-26-21-25(10-15-30(26)37)22-31-33(40)38(24-32(39)43-18-5-2)34(45-31)29(23-36)35(41)44-19-6-3/h5-6,9-10,12-17,20,24H,2-4,7-8,11,18-19,21-23,26H2,1H3;5-6,10-15,21-22H,2-4,7-9,16-20,24H2,1H3/b13-12+,33-16-,36-30+;31-22-,34-29+. The summed E-state index contributed by atoms with van der Waals surface area (Å²) in [4.78, 5) is 81.5. The topological polar surface area (TPSA) is 212 Å². The molecule has 0 fully saturated rings. The monoisotopic (exact) mass is 1260 g/mol. The molecule has 17 nitrogen and oxygen atoms in total. The minimum Gasteiger partial charge on any atom is -0.494 e. The van der Waals surface area contributed by atoms with Gasteiger partial charge in [0.2, 0.25) is 0 Å². The van der Waals surface area contributed by atoms with E-state index < -0.39 is 48.1 Å². The Hall–Kier alpha value is -9.82. The number of thiazole rings is 2. The molecule has 0 unspecified atom stereocenters. The van der Waals surface area contributed by atoms with E-state index in [9.17, 15) is 39.3 Å². The van der Waals surface area contributed by atoms with Crippen molar-refractivity contribution in [3.8, 4) is 17.9 Å². The number of nitrogens with zero attached hydrogens (tertiary/aromatic N) is 6. The minimum absolute atomic E-state index is 0.0130. The summed E-state index contributed by atoms with van der Waals surface area (Å²) in [5.41, 5.74) is 8.33. The van der Waals surface area contributed by atoms with Crippen LogP contribution in [0, 0.1) is 22.7 Å². The summed E-state index contributed by atoms with van der Waals surface area (Å²) in [6.07, 6.45) is 24.6. The fourth-order valence-electron chi connectivity index (χ4n) is 10.3. The zero-order chi connectivity index (χ0) is 65.1. The molecule has 8 rings (SSSR count). The lowest BCUT2D eigenvalue weighted by Gasteiger charge is -2.27. The van der Waals surface area contributed by atoms with Crippen molar-refractivity contribution in [3.63, 3.8) is 0 Å². The molecule has 91 heavy (non-hydrogen) atoms. The number of esters is 4. The van der Waals surface area contributed by atoms with Crippen LogP contribution in [0.1, 0.15) is 93.0 Å². The first kappa shape index (κ1) is 68.7. The number of carbonyl (C=O) groups excluding carboxylic acids is 4. The Bertz CT molecular complexity index is 4140. The van der Waals surface area contributed by atoms with E-state index in [0.717, 1.165) is 117 Å². The number of unbranched alkanes of at least 4 members (excludes halogenated alkanes) is 6. The van der Waals surface area contributed by atoms with Crippen LogP contribution in [0.3, 0.4) is 0 Å². The summed E-state index contributed by atoms with van der Waals surface area (Å²) in [5.74, 6) is -2.37. The number of ether oxygens (including phenoxy) is 5. The van der Waals surface area contributed by atoms with Gasteiger partial charge in [0, 0.05) is 35.8 Å². The SMILES string of the molecule is C=CCOC(=O)Cn1c(=O)/c(=C/C=C/c2ccc3c(c2)CCc2ccccc2N3CCCCCC)s/c1=C(\C#N)C(=O)OCC=C.C=CCOC(=O)Cn1c(=O)/c(=C/c2ccc3c(c2)CCN3c2ccc(OCCCCCC)cc2)s/c1=C(\C#N)C(=O)OCC=C. The second-order valence-electron chi connectivity index (χ2n) is 21.1. The number of benzene rings is 4. The maximum atomic E-state index is 13.5. The molecule has 0 saturated carbocycles. The van der Waals surface area contributed by atoms with Crippen LogP contribution >= 0.6 is 22.7 Å². The molecule has 2 aliphatic heterocycles. The van der Waals surface area contributed by atoms with Gasteiger partial charge in [-0.05, 0) is 127 Å². The highest BCUT2D eigenvalue weighted by Gasteiger charge is 2.24. The van der Waals surface area contributed by atoms with E-state index in [1.807, 2.05) is 48.5 Å². The Morgan fingerprint density at radius 1 is 0.582 bits per heavy atom. The van der Waals surface area contributed by atoms with Crippen LogP contribution in [0.4, 0.5) is 22.7 Å². The second-order valence-corrected chi connectivity index (χ2v) is 23.2. The van der Waals surface area contributed by atoms with E-state index in [2.05, 4.69) is 105 Å². The van der Waals surface area contributed by atoms with Gasteiger partial charge in [0.15, 0.2) is 11.1 Å². The number of para-hydroxylation sites is 1. The van der Waals surface area contributed by atoms with Gasteiger partial charge in [-0.1, -0.05) is 145 Å². The minimum atomic E-state index is -0.914. The number of hydrogen-bond acceptors (Lipinski definition) is 17. The number of aryl methyl sites for hydroxylation is 2. The Balaban J connectivity index is 0.000000259. The summed E-state index contributed by atoms with van der Waals surface area (Å²) >= 11 is 1.88. The summed E-state index contributed by atoms with van der Waals surface area (Å²) in [6, 6.07) is 32.8. The summed E-state index contributed by atoms with van der Waals surface area (Å²) in [5, 5.41) is 19.5. The third-order valence-electron chi connectivity index (χ3n) is 14.7.